The standard InChI is InChI=1S/C19H25FN2/c1-14(2)12-19-18(20)10-9-17(22-19)13-15(3)7-8-16-6-4-5-11-21-16/h4-6,9-11,14-15H,7-8,12-13H2,1-3H3. The van der Waals surface area contributed by atoms with Crippen LogP contribution in [0.2, 0.25) is 0 Å². The van der Waals surface area contributed by atoms with Crippen molar-refractivity contribution in [3.05, 3.63) is 59.4 Å². The van der Waals surface area contributed by atoms with Crippen molar-refractivity contribution in [3.8, 4) is 0 Å². The van der Waals surface area contributed by atoms with Gasteiger partial charge >= 0.3 is 0 Å². The first-order valence-corrected chi connectivity index (χ1v) is 8.08. The first-order chi connectivity index (χ1) is 10.5. The molecular weight excluding hydrogens is 275 g/mol. The minimum Gasteiger partial charge on any atom is -0.261 e. The Kier molecular flexibility index (Phi) is 6.05. The van der Waals surface area contributed by atoms with Crippen LogP contribution in [-0.4, -0.2) is 9.97 Å². The lowest BCUT2D eigenvalue weighted by atomic mass is 9.97. The minimum atomic E-state index is -0.182. The molecule has 0 aliphatic carbocycles. The van der Waals surface area contributed by atoms with E-state index in [0.717, 1.165) is 30.7 Å². The molecule has 0 aliphatic rings. The van der Waals surface area contributed by atoms with Gasteiger partial charge in [0.05, 0.1) is 5.69 Å². The zero-order chi connectivity index (χ0) is 15.9. The highest BCUT2D eigenvalue weighted by molar-refractivity contribution is 5.14. The molecule has 1 unspecified atom stereocenters. The van der Waals surface area contributed by atoms with E-state index in [9.17, 15) is 4.39 Å². The highest BCUT2D eigenvalue weighted by atomic mass is 19.1. The maximum atomic E-state index is 13.8. The molecule has 0 spiro atoms. The molecule has 0 amide bonds. The van der Waals surface area contributed by atoms with E-state index in [4.69, 9.17) is 0 Å². The Morgan fingerprint density at radius 3 is 2.50 bits per heavy atom. The third kappa shape index (κ3) is 5.21. The number of aromatic nitrogens is 2. The first kappa shape index (κ1) is 16.6. The SMILES string of the molecule is CC(C)Cc1nc(CC(C)CCc2ccccn2)ccc1F. The third-order valence-electron chi connectivity index (χ3n) is 3.75. The Bertz CT molecular complexity index is 581. The summed E-state index contributed by atoms with van der Waals surface area (Å²) in [6.07, 6.45) is 5.46. The molecule has 0 radical (unpaired) electrons. The van der Waals surface area contributed by atoms with Crippen LogP contribution in [0.3, 0.4) is 0 Å². The fraction of sp³-hybridized carbons (Fsp3) is 0.474. The molecule has 2 aromatic rings. The van der Waals surface area contributed by atoms with Gasteiger partial charge in [-0.3, -0.25) is 9.97 Å². The second-order valence-corrected chi connectivity index (χ2v) is 6.50. The van der Waals surface area contributed by atoms with Gasteiger partial charge in [0.15, 0.2) is 0 Å². The molecule has 3 heteroatoms. The van der Waals surface area contributed by atoms with Crippen LogP contribution in [0.4, 0.5) is 4.39 Å². The summed E-state index contributed by atoms with van der Waals surface area (Å²) in [6, 6.07) is 9.39. The van der Waals surface area contributed by atoms with E-state index in [1.54, 1.807) is 6.07 Å². The summed E-state index contributed by atoms with van der Waals surface area (Å²) in [5.74, 6) is 0.740. The number of pyridine rings is 2. The van der Waals surface area contributed by atoms with Crippen molar-refractivity contribution in [1.29, 1.82) is 0 Å². The van der Waals surface area contributed by atoms with E-state index in [0.29, 0.717) is 24.0 Å². The van der Waals surface area contributed by atoms with E-state index < -0.39 is 0 Å². The van der Waals surface area contributed by atoms with Gasteiger partial charge in [0.25, 0.3) is 0 Å². The van der Waals surface area contributed by atoms with Crippen LogP contribution in [-0.2, 0) is 19.3 Å². The van der Waals surface area contributed by atoms with Crippen LogP contribution in [0.15, 0.2) is 36.5 Å². The number of nitrogens with zero attached hydrogens (tertiary/aromatic N) is 2. The van der Waals surface area contributed by atoms with Gasteiger partial charge in [-0.05, 0) is 61.8 Å². The number of rotatable bonds is 7. The third-order valence-corrected chi connectivity index (χ3v) is 3.75. The predicted octanol–water partition coefficient (Wildman–Crippen LogP) is 4.63. The van der Waals surface area contributed by atoms with Gasteiger partial charge in [-0.2, -0.15) is 0 Å². The van der Waals surface area contributed by atoms with Gasteiger partial charge in [0, 0.05) is 17.6 Å². The average molecular weight is 300 g/mol. The van der Waals surface area contributed by atoms with E-state index in [1.165, 1.54) is 0 Å². The van der Waals surface area contributed by atoms with Gasteiger partial charge in [-0.25, -0.2) is 4.39 Å². The summed E-state index contributed by atoms with van der Waals surface area (Å²) in [5, 5.41) is 0. The van der Waals surface area contributed by atoms with Gasteiger partial charge < -0.3 is 0 Å². The zero-order valence-electron chi connectivity index (χ0n) is 13.7. The van der Waals surface area contributed by atoms with Crippen molar-refractivity contribution in [2.24, 2.45) is 11.8 Å². The zero-order valence-corrected chi connectivity index (χ0v) is 13.7. The average Bonchev–Trinajstić information content (AvgIpc) is 2.49. The smallest absolute Gasteiger partial charge is 0.144 e. The van der Waals surface area contributed by atoms with E-state index >= 15 is 0 Å². The Morgan fingerprint density at radius 1 is 1.00 bits per heavy atom. The van der Waals surface area contributed by atoms with Gasteiger partial charge in [0.1, 0.15) is 5.82 Å². The number of hydrogen-bond acceptors (Lipinski definition) is 2. The maximum absolute atomic E-state index is 13.8. The minimum absolute atomic E-state index is 0.182. The molecule has 0 saturated heterocycles. The Hall–Kier alpha value is -1.77. The van der Waals surface area contributed by atoms with E-state index in [-0.39, 0.29) is 5.82 Å². The summed E-state index contributed by atoms with van der Waals surface area (Å²) in [7, 11) is 0. The second kappa shape index (κ2) is 8.02. The van der Waals surface area contributed by atoms with Crippen LogP contribution in [0.5, 0.6) is 0 Å². The molecular formula is C19H25FN2. The van der Waals surface area contributed by atoms with Crippen LogP contribution in [0, 0.1) is 17.7 Å². The molecule has 2 nitrogen and oxygen atoms in total. The lowest BCUT2D eigenvalue weighted by Crippen LogP contribution is -2.08. The van der Waals surface area contributed by atoms with Crippen molar-refractivity contribution < 1.29 is 4.39 Å². The molecule has 2 aromatic heterocycles. The lowest BCUT2D eigenvalue weighted by molar-refractivity contribution is 0.511. The second-order valence-electron chi connectivity index (χ2n) is 6.50. The summed E-state index contributed by atoms with van der Waals surface area (Å²) in [6.45, 7) is 6.39. The Balaban J connectivity index is 1.92. The van der Waals surface area contributed by atoms with Crippen molar-refractivity contribution in [1.82, 2.24) is 9.97 Å². The Labute approximate surface area is 132 Å². The lowest BCUT2D eigenvalue weighted by Gasteiger charge is -2.12. The molecule has 0 aromatic carbocycles. The van der Waals surface area contributed by atoms with Crippen molar-refractivity contribution >= 4 is 0 Å². The van der Waals surface area contributed by atoms with Crippen LogP contribution in [0.25, 0.3) is 0 Å². The molecule has 2 heterocycles. The fourth-order valence-electron chi connectivity index (χ4n) is 2.57. The van der Waals surface area contributed by atoms with E-state index in [1.807, 2.05) is 24.4 Å². The summed E-state index contributed by atoms with van der Waals surface area (Å²) < 4.78 is 13.8. The summed E-state index contributed by atoms with van der Waals surface area (Å²) in [4.78, 5) is 8.87. The van der Waals surface area contributed by atoms with Crippen molar-refractivity contribution in [2.45, 2.75) is 46.5 Å². The molecule has 0 fully saturated rings. The molecule has 118 valence electrons. The van der Waals surface area contributed by atoms with Gasteiger partial charge in [0.2, 0.25) is 0 Å². The number of aryl methyl sites for hydroxylation is 1. The quantitative estimate of drug-likeness (QED) is 0.745. The molecule has 0 aliphatic heterocycles. The van der Waals surface area contributed by atoms with E-state index in [2.05, 4.69) is 36.8 Å². The molecule has 22 heavy (non-hydrogen) atoms. The van der Waals surface area contributed by atoms with Crippen molar-refractivity contribution in [3.63, 3.8) is 0 Å². The molecule has 0 N–H and O–H groups in total. The Morgan fingerprint density at radius 2 is 1.82 bits per heavy atom. The van der Waals surface area contributed by atoms with Gasteiger partial charge in [-0.15, -0.1) is 0 Å². The highest BCUT2D eigenvalue weighted by Gasteiger charge is 2.10. The van der Waals surface area contributed by atoms with Gasteiger partial charge in [-0.1, -0.05) is 26.8 Å². The summed E-state index contributed by atoms with van der Waals surface area (Å²) >= 11 is 0. The molecule has 0 saturated carbocycles. The monoisotopic (exact) mass is 300 g/mol. The van der Waals surface area contributed by atoms with Crippen LogP contribution >= 0.6 is 0 Å². The van der Waals surface area contributed by atoms with Crippen LogP contribution in [0.1, 0.15) is 44.3 Å². The van der Waals surface area contributed by atoms with Crippen molar-refractivity contribution in [2.75, 3.05) is 0 Å². The highest BCUT2D eigenvalue weighted by Crippen LogP contribution is 2.16. The first-order valence-electron chi connectivity index (χ1n) is 8.08. The largest absolute Gasteiger partial charge is 0.261 e. The normalized spacial score (nSPS) is 12.6. The molecule has 0 bridgehead atoms. The maximum Gasteiger partial charge on any atom is 0.144 e. The number of halogens is 1. The fourth-order valence-corrected chi connectivity index (χ4v) is 2.57. The molecule has 1 atom stereocenters. The number of hydrogen-bond donors (Lipinski definition) is 0. The predicted molar refractivity (Wildman–Crippen MR) is 88.2 cm³/mol. The molecule has 2 rings (SSSR count). The van der Waals surface area contributed by atoms with Crippen LogP contribution < -0.4 is 0 Å². The topological polar surface area (TPSA) is 25.8 Å². The summed E-state index contributed by atoms with van der Waals surface area (Å²) in [5.41, 5.74) is 2.72.